The molecule has 3 nitrogen and oxygen atoms in total. The first kappa shape index (κ1) is 19.5. The van der Waals surface area contributed by atoms with E-state index in [0.717, 1.165) is 23.3 Å². The van der Waals surface area contributed by atoms with E-state index in [9.17, 15) is 4.79 Å². The molecule has 3 aromatic carbocycles. The standard InChI is InChI=1S/C25H21BrO3/c26-25(17-21(25)16-15-19-9-3-1-4-10-19)24(27)28-18-20-11-7-8-14-23(20)29-22-12-5-2-6-13-22/h1-16,21H,17-18H2/b16-15+. The van der Waals surface area contributed by atoms with Gasteiger partial charge in [0.2, 0.25) is 0 Å². The number of ether oxygens (including phenoxy) is 2. The highest BCUT2D eigenvalue weighted by molar-refractivity contribution is 9.10. The van der Waals surface area contributed by atoms with E-state index in [1.165, 1.54) is 0 Å². The zero-order valence-electron chi connectivity index (χ0n) is 15.8. The van der Waals surface area contributed by atoms with Crippen LogP contribution in [-0.4, -0.2) is 10.3 Å². The number of carbonyl (C=O) groups excluding carboxylic acids is 1. The third-order valence-corrected chi connectivity index (χ3v) is 6.14. The van der Waals surface area contributed by atoms with Crippen molar-refractivity contribution in [2.45, 2.75) is 17.4 Å². The summed E-state index contributed by atoms with van der Waals surface area (Å²) < 4.78 is 10.9. The maximum Gasteiger partial charge on any atom is 0.323 e. The molecular formula is C25H21BrO3. The number of benzene rings is 3. The molecule has 0 N–H and O–H groups in total. The van der Waals surface area contributed by atoms with Crippen molar-refractivity contribution in [3.63, 3.8) is 0 Å². The van der Waals surface area contributed by atoms with Crippen LogP contribution in [0.4, 0.5) is 0 Å². The summed E-state index contributed by atoms with van der Waals surface area (Å²) >= 11 is 3.58. The number of hydrogen-bond acceptors (Lipinski definition) is 3. The summed E-state index contributed by atoms with van der Waals surface area (Å²) in [6, 6.07) is 27.2. The van der Waals surface area contributed by atoms with Gasteiger partial charge in [-0.25, -0.2) is 0 Å². The van der Waals surface area contributed by atoms with Crippen molar-refractivity contribution in [2.75, 3.05) is 0 Å². The molecule has 4 heteroatoms. The number of esters is 1. The largest absolute Gasteiger partial charge is 0.460 e. The Kier molecular flexibility index (Phi) is 5.81. The Labute approximate surface area is 179 Å². The minimum atomic E-state index is -0.631. The molecule has 0 aliphatic heterocycles. The minimum absolute atomic E-state index is 0.131. The molecule has 0 aromatic heterocycles. The summed E-state index contributed by atoms with van der Waals surface area (Å²) in [6.07, 6.45) is 4.85. The smallest absolute Gasteiger partial charge is 0.323 e. The average Bonchev–Trinajstić information content (AvgIpc) is 3.44. The summed E-state index contributed by atoms with van der Waals surface area (Å²) in [5.74, 6) is 1.32. The SMILES string of the molecule is O=C(OCc1ccccc1Oc1ccccc1)C1(Br)CC1/C=C/c1ccccc1. The lowest BCUT2D eigenvalue weighted by Crippen LogP contribution is -2.20. The molecule has 0 amide bonds. The molecule has 4 rings (SSSR count). The van der Waals surface area contributed by atoms with Gasteiger partial charge in [-0.1, -0.05) is 94.8 Å². The van der Waals surface area contributed by atoms with Gasteiger partial charge in [0, 0.05) is 11.5 Å². The second-order valence-electron chi connectivity index (χ2n) is 7.04. The van der Waals surface area contributed by atoms with Gasteiger partial charge < -0.3 is 9.47 Å². The Morgan fingerprint density at radius 3 is 2.38 bits per heavy atom. The van der Waals surface area contributed by atoms with Crippen LogP contribution in [0.2, 0.25) is 0 Å². The first-order chi connectivity index (χ1) is 14.1. The molecule has 2 atom stereocenters. The second-order valence-corrected chi connectivity index (χ2v) is 8.46. The lowest BCUT2D eigenvalue weighted by molar-refractivity contribution is -0.145. The molecular weight excluding hydrogens is 428 g/mol. The number of rotatable bonds is 7. The van der Waals surface area contributed by atoms with E-state index in [0.29, 0.717) is 5.75 Å². The van der Waals surface area contributed by atoms with Gasteiger partial charge in [0.1, 0.15) is 22.4 Å². The molecule has 1 aliphatic carbocycles. The summed E-state index contributed by atoms with van der Waals surface area (Å²) in [4.78, 5) is 12.6. The van der Waals surface area contributed by atoms with E-state index < -0.39 is 4.32 Å². The molecule has 0 radical (unpaired) electrons. The summed E-state index contributed by atoms with van der Waals surface area (Å²) in [6.45, 7) is 0.171. The van der Waals surface area contributed by atoms with Crippen LogP contribution in [-0.2, 0) is 16.1 Å². The summed E-state index contributed by atoms with van der Waals surface area (Å²) in [5, 5.41) is 0. The van der Waals surface area contributed by atoms with Gasteiger partial charge in [-0.3, -0.25) is 4.79 Å². The van der Waals surface area contributed by atoms with Crippen molar-refractivity contribution in [3.05, 3.63) is 102 Å². The molecule has 0 heterocycles. The van der Waals surface area contributed by atoms with Crippen LogP contribution in [0.1, 0.15) is 17.5 Å². The Morgan fingerprint density at radius 2 is 1.62 bits per heavy atom. The Morgan fingerprint density at radius 1 is 0.966 bits per heavy atom. The second kappa shape index (κ2) is 8.66. The van der Waals surface area contributed by atoms with Crippen molar-refractivity contribution >= 4 is 28.0 Å². The van der Waals surface area contributed by atoms with E-state index in [4.69, 9.17) is 9.47 Å². The Bertz CT molecular complexity index is 1000. The fraction of sp³-hybridized carbons (Fsp3) is 0.160. The van der Waals surface area contributed by atoms with E-state index in [1.807, 2.05) is 91.0 Å². The first-order valence-electron chi connectivity index (χ1n) is 9.55. The number of para-hydroxylation sites is 2. The van der Waals surface area contributed by atoms with Crippen LogP contribution in [0.15, 0.2) is 91.0 Å². The maximum atomic E-state index is 12.6. The minimum Gasteiger partial charge on any atom is -0.460 e. The molecule has 0 spiro atoms. The van der Waals surface area contributed by atoms with Crippen LogP contribution >= 0.6 is 15.9 Å². The van der Waals surface area contributed by atoms with E-state index in [-0.39, 0.29) is 18.5 Å². The third kappa shape index (κ3) is 4.77. The average molecular weight is 449 g/mol. The molecule has 1 fully saturated rings. The molecule has 1 saturated carbocycles. The lowest BCUT2D eigenvalue weighted by Gasteiger charge is -2.13. The van der Waals surface area contributed by atoms with Crippen molar-refractivity contribution in [1.29, 1.82) is 0 Å². The van der Waals surface area contributed by atoms with Crippen molar-refractivity contribution in [1.82, 2.24) is 0 Å². The topological polar surface area (TPSA) is 35.5 Å². The molecule has 2 unspecified atom stereocenters. The zero-order chi connectivity index (χ0) is 20.1. The Balaban J connectivity index is 1.36. The lowest BCUT2D eigenvalue weighted by atomic mass is 10.2. The molecule has 29 heavy (non-hydrogen) atoms. The van der Waals surface area contributed by atoms with Gasteiger partial charge in [-0.05, 0) is 30.2 Å². The van der Waals surface area contributed by atoms with Crippen LogP contribution < -0.4 is 4.74 Å². The van der Waals surface area contributed by atoms with E-state index in [2.05, 4.69) is 22.0 Å². The quantitative estimate of drug-likeness (QED) is 0.310. The third-order valence-electron chi connectivity index (χ3n) is 4.91. The number of alkyl halides is 1. The predicted octanol–water partition coefficient (Wildman–Crippen LogP) is 6.39. The van der Waals surface area contributed by atoms with Gasteiger partial charge in [-0.15, -0.1) is 0 Å². The van der Waals surface area contributed by atoms with Crippen LogP contribution in [0.25, 0.3) is 6.08 Å². The normalized spacial score (nSPS) is 20.4. The number of hydrogen-bond donors (Lipinski definition) is 0. The summed E-state index contributed by atoms with van der Waals surface area (Å²) in [7, 11) is 0. The van der Waals surface area contributed by atoms with Gasteiger partial charge in [0.15, 0.2) is 0 Å². The molecule has 146 valence electrons. The highest BCUT2D eigenvalue weighted by atomic mass is 79.9. The maximum absolute atomic E-state index is 12.6. The van der Waals surface area contributed by atoms with E-state index >= 15 is 0 Å². The zero-order valence-corrected chi connectivity index (χ0v) is 17.4. The van der Waals surface area contributed by atoms with E-state index in [1.54, 1.807) is 0 Å². The van der Waals surface area contributed by atoms with Gasteiger partial charge in [0.25, 0.3) is 0 Å². The van der Waals surface area contributed by atoms with Crippen molar-refractivity contribution in [2.24, 2.45) is 5.92 Å². The number of halogens is 1. The van der Waals surface area contributed by atoms with Crippen molar-refractivity contribution in [3.8, 4) is 11.5 Å². The van der Waals surface area contributed by atoms with Gasteiger partial charge >= 0.3 is 5.97 Å². The molecule has 0 saturated heterocycles. The molecule has 3 aromatic rings. The fourth-order valence-corrected chi connectivity index (χ4v) is 3.73. The molecule has 0 bridgehead atoms. The van der Waals surface area contributed by atoms with Gasteiger partial charge in [0.05, 0.1) is 0 Å². The van der Waals surface area contributed by atoms with Crippen LogP contribution in [0.5, 0.6) is 11.5 Å². The molecule has 1 aliphatic rings. The number of carbonyl (C=O) groups is 1. The fourth-order valence-electron chi connectivity index (χ4n) is 3.11. The summed E-state index contributed by atoms with van der Waals surface area (Å²) in [5.41, 5.74) is 1.95. The highest BCUT2D eigenvalue weighted by Gasteiger charge is 2.58. The first-order valence-corrected chi connectivity index (χ1v) is 10.3. The van der Waals surface area contributed by atoms with Crippen LogP contribution in [0, 0.1) is 5.92 Å². The van der Waals surface area contributed by atoms with Crippen LogP contribution in [0.3, 0.4) is 0 Å². The number of allylic oxidation sites excluding steroid dienone is 1. The highest BCUT2D eigenvalue weighted by Crippen LogP contribution is 2.53. The predicted molar refractivity (Wildman–Crippen MR) is 118 cm³/mol. The monoisotopic (exact) mass is 448 g/mol. The Hall–Kier alpha value is -2.85. The van der Waals surface area contributed by atoms with Crippen molar-refractivity contribution < 1.29 is 14.3 Å². The van der Waals surface area contributed by atoms with Gasteiger partial charge in [-0.2, -0.15) is 0 Å².